The summed E-state index contributed by atoms with van der Waals surface area (Å²) in [7, 11) is 0. The molecule has 0 aromatic carbocycles. The highest BCUT2D eigenvalue weighted by Gasteiger charge is 2.69. The maximum Gasteiger partial charge on any atom is 0.0864 e. The van der Waals surface area contributed by atoms with Gasteiger partial charge in [0.15, 0.2) is 0 Å². The third kappa shape index (κ3) is 1.82. The van der Waals surface area contributed by atoms with Crippen LogP contribution in [0.1, 0.15) is 58.8 Å². The Kier molecular flexibility index (Phi) is 3.38. The largest absolute Gasteiger partial charge is 0.396 e. The molecule has 0 aromatic rings. The monoisotopic (exact) mass is 320 g/mol. The summed E-state index contributed by atoms with van der Waals surface area (Å²) in [5.74, 6) is 0.978. The van der Waals surface area contributed by atoms with Crippen LogP contribution in [0.2, 0.25) is 0 Å². The number of rotatable bonds is 1. The Hall–Kier alpha value is -0.380. The van der Waals surface area contributed by atoms with Crippen molar-refractivity contribution >= 4 is 0 Å². The quantitative estimate of drug-likeness (QED) is 0.651. The second kappa shape index (κ2) is 4.83. The second-order valence-corrected chi connectivity index (χ2v) is 9.68. The van der Waals surface area contributed by atoms with Crippen LogP contribution in [0.4, 0.5) is 0 Å². The zero-order valence-electron chi connectivity index (χ0n) is 14.6. The number of aliphatic hydroxyl groups is 3. The lowest BCUT2D eigenvalue weighted by Crippen LogP contribution is -2.68. The number of aliphatic hydroxyl groups excluding tert-OH is 3. The molecule has 0 unspecified atom stereocenters. The minimum Gasteiger partial charge on any atom is -0.396 e. The Morgan fingerprint density at radius 3 is 2.61 bits per heavy atom. The molecular formula is C20H32O3. The van der Waals surface area contributed by atoms with Gasteiger partial charge in [-0.25, -0.2) is 0 Å². The van der Waals surface area contributed by atoms with Gasteiger partial charge in [-0.3, -0.25) is 0 Å². The average molecular weight is 320 g/mol. The van der Waals surface area contributed by atoms with E-state index in [1.807, 2.05) is 0 Å². The lowest BCUT2D eigenvalue weighted by atomic mass is 9.39. The predicted molar refractivity (Wildman–Crippen MR) is 89.7 cm³/mol. The topological polar surface area (TPSA) is 60.7 Å². The average Bonchev–Trinajstić information content (AvgIpc) is 2.76. The maximum absolute atomic E-state index is 11.2. The van der Waals surface area contributed by atoms with Crippen LogP contribution in [0, 0.1) is 34.0 Å². The van der Waals surface area contributed by atoms with Gasteiger partial charge in [0.25, 0.3) is 0 Å². The minimum absolute atomic E-state index is 0.00945. The number of allylic oxidation sites excluding steroid dienone is 1. The summed E-state index contributed by atoms with van der Waals surface area (Å²) in [6, 6.07) is 0. The molecule has 1 spiro atoms. The fourth-order valence-corrected chi connectivity index (χ4v) is 7.76. The van der Waals surface area contributed by atoms with E-state index >= 15 is 0 Å². The molecule has 8 atom stereocenters. The fourth-order valence-electron chi connectivity index (χ4n) is 7.76. The first-order valence-electron chi connectivity index (χ1n) is 9.43. The van der Waals surface area contributed by atoms with Crippen LogP contribution in [-0.4, -0.2) is 34.1 Å². The van der Waals surface area contributed by atoms with Crippen molar-refractivity contribution in [1.29, 1.82) is 0 Å². The van der Waals surface area contributed by atoms with Crippen LogP contribution in [-0.2, 0) is 0 Å². The zero-order chi connectivity index (χ0) is 16.6. The molecular weight excluding hydrogens is 288 g/mol. The van der Waals surface area contributed by atoms with E-state index in [-0.39, 0.29) is 28.8 Å². The molecule has 2 bridgehead atoms. The Morgan fingerprint density at radius 1 is 1.17 bits per heavy atom. The van der Waals surface area contributed by atoms with Crippen molar-refractivity contribution in [2.45, 2.75) is 71.0 Å². The molecule has 0 radical (unpaired) electrons. The molecule has 0 amide bonds. The van der Waals surface area contributed by atoms with Gasteiger partial charge in [-0.1, -0.05) is 32.4 Å². The van der Waals surface area contributed by atoms with E-state index in [9.17, 15) is 15.3 Å². The van der Waals surface area contributed by atoms with Crippen LogP contribution in [0.15, 0.2) is 12.2 Å². The first-order valence-corrected chi connectivity index (χ1v) is 9.43. The van der Waals surface area contributed by atoms with Crippen molar-refractivity contribution in [3.8, 4) is 0 Å². The lowest BCUT2D eigenvalue weighted by Gasteiger charge is -2.67. The molecule has 130 valence electrons. The lowest BCUT2D eigenvalue weighted by molar-refractivity contribution is -0.257. The summed E-state index contributed by atoms with van der Waals surface area (Å²) in [6.45, 7) is 8.84. The highest BCUT2D eigenvalue weighted by Crippen LogP contribution is 2.71. The first kappa shape index (κ1) is 16.1. The predicted octanol–water partition coefficient (Wildman–Crippen LogP) is 2.89. The van der Waals surface area contributed by atoms with Gasteiger partial charge < -0.3 is 15.3 Å². The van der Waals surface area contributed by atoms with Gasteiger partial charge in [-0.2, -0.15) is 0 Å². The van der Waals surface area contributed by atoms with E-state index in [1.54, 1.807) is 0 Å². The van der Waals surface area contributed by atoms with Crippen molar-refractivity contribution < 1.29 is 15.3 Å². The molecule has 4 rings (SSSR count). The molecule has 3 N–H and O–H groups in total. The minimum atomic E-state index is -0.724. The molecule has 0 aromatic heterocycles. The first-order chi connectivity index (χ1) is 10.8. The third-order valence-corrected chi connectivity index (χ3v) is 8.59. The zero-order valence-corrected chi connectivity index (χ0v) is 14.6. The Bertz CT molecular complexity index is 531. The van der Waals surface area contributed by atoms with E-state index < -0.39 is 12.2 Å². The van der Waals surface area contributed by atoms with Crippen molar-refractivity contribution in [3.63, 3.8) is 0 Å². The normalized spacial score (nSPS) is 58.7. The van der Waals surface area contributed by atoms with E-state index in [0.29, 0.717) is 11.8 Å². The van der Waals surface area contributed by atoms with Crippen molar-refractivity contribution in [2.24, 2.45) is 34.0 Å². The molecule has 4 saturated carbocycles. The molecule has 4 aliphatic rings. The van der Waals surface area contributed by atoms with Crippen molar-refractivity contribution in [1.82, 2.24) is 0 Å². The molecule has 23 heavy (non-hydrogen) atoms. The van der Waals surface area contributed by atoms with Crippen molar-refractivity contribution in [2.75, 3.05) is 6.61 Å². The molecule has 0 aliphatic heterocycles. The maximum atomic E-state index is 11.2. The summed E-state index contributed by atoms with van der Waals surface area (Å²) < 4.78 is 0. The Morgan fingerprint density at radius 2 is 1.91 bits per heavy atom. The van der Waals surface area contributed by atoms with Crippen LogP contribution in [0.25, 0.3) is 0 Å². The fraction of sp³-hybridized carbons (Fsp3) is 0.900. The van der Waals surface area contributed by atoms with Gasteiger partial charge in [0.05, 0.1) is 12.2 Å². The molecule has 0 heterocycles. The number of fused-ring (bicyclic) bond motifs is 3. The SMILES string of the molecule is C=C1C[C@]23C[C@H]1CC[C@H]2[C@]1(C)CCC[C@@](C)(CO)[C@H]1[C@@H](O)[C@@H]3O. The highest BCUT2D eigenvalue weighted by molar-refractivity contribution is 5.26. The molecule has 4 fully saturated rings. The summed E-state index contributed by atoms with van der Waals surface area (Å²) in [4.78, 5) is 0. The van der Waals surface area contributed by atoms with Gasteiger partial charge >= 0.3 is 0 Å². The third-order valence-electron chi connectivity index (χ3n) is 8.59. The smallest absolute Gasteiger partial charge is 0.0864 e. The van der Waals surface area contributed by atoms with Gasteiger partial charge in [0.1, 0.15) is 0 Å². The van der Waals surface area contributed by atoms with E-state index in [2.05, 4.69) is 20.4 Å². The van der Waals surface area contributed by atoms with Crippen LogP contribution < -0.4 is 0 Å². The number of hydrogen-bond acceptors (Lipinski definition) is 3. The standard InChI is InChI=1S/C20H32O3/c1-12-9-20-10-13(12)5-6-14(20)19(3)8-4-7-18(2,11-21)16(19)15(22)17(20)23/h13-17,21-23H,1,4-11H2,2-3H3/t13-,14+,15-,16-,17+,18+,19+,20+/m1/s1. The van der Waals surface area contributed by atoms with Crippen LogP contribution in [0.5, 0.6) is 0 Å². The molecule has 3 heteroatoms. The summed E-state index contributed by atoms with van der Waals surface area (Å²) in [6.07, 6.45) is 6.00. The number of hydrogen-bond donors (Lipinski definition) is 3. The summed E-state index contributed by atoms with van der Waals surface area (Å²) >= 11 is 0. The van der Waals surface area contributed by atoms with Gasteiger partial charge in [-0.15, -0.1) is 0 Å². The van der Waals surface area contributed by atoms with E-state index in [4.69, 9.17) is 0 Å². The van der Waals surface area contributed by atoms with Gasteiger partial charge in [0, 0.05) is 17.9 Å². The van der Waals surface area contributed by atoms with Crippen LogP contribution in [0.3, 0.4) is 0 Å². The molecule has 0 saturated heterocycles. The van der Waals surface area contributed by atoms with Crippen LogP contribution >= 0.6 is 0 Å². The van der Waals surface area contributed by atoms with Crippen molar-refractivity contribution in [3.05, 3.63) is 12.2 Å². The molecule has 3 nitrogen and oxygen atoms in total. The van der Waals surface area contributed by atoms with E-state index in [1.165, 1.54) is 12.0 Å². The van der Waals surface area contributed by atoms with Gasteiger partial charge in [-0.05, 0) is 61.2 Å². The van der Waals surface area contributed by atoms with Gasteiger partial charge in [0.2, 0.25) is 0 Å². The highest BCUT2D eigenvalue weighted by atomic mass is 16.3. The summed E-state index contributed by atoms with van der Waals surface area (Å²) in [5, 5.41) is 32.4. The van der Waals surface area contributed by atoms with E-state index in [0.717, 1.165) is 38.5 Å². The Labute approximate surface area is 139 Å². The Balaban J connectivity index is 1.83. The molecule has 4 aliphatic carbocycles. The summed E-state index contributed by atoms with van der Waals surface area (Å²) in [5.41, 5.74) is 0.866. The second-order valence-electron chi connectivity index (χ2n) is 9.68.